The smallest absolute Gasteiger partial charge is 0.119 e. The monoisotopic (exact) mass is 240 g/mol. The summed E-state index contributed by atoms with van der Waals surface area (Å²) in [7, 11) is 0. The van der Waals surface area contributed by atoms with Crippen LogP contribution in [0.3, 0.4) is 0 Å². The molecule has 0 aliphatic heterocycles. The average molecular weight is 241 g/mol. The summed E-state index contributed by atoms with van der Waals surface area (Å²) < 4.78 is 5.49. The topological polar surface area (TPSA) is 29.5 Å². The Kier molecular flexibility index (Phi) is 5.36. The quantitative estimate of drug-likeness (QED) is 0.851. The van der Waals surface area contributed by atoms with Crippen molar-refractivity contribution in [2.45, 2.75) is 26.4 Å². The molecule has 0 aliphatic carbocycles. The molecule has 0 aromatic heterocycles. The molecular formula is C13H17ClO2. The van der Waals surface area contributed by atoms with Crippen LogP contribution in [-0.4, -0.2) is 11.7 Å². The maximum atomic E-state index is 9.61. The molecule has 1 rings (SSSR count). The summed E-state index contributed by atoms with van der Waals surface area (Å²) in [4.78, 5) is 0. The van der Waals surface area contributed by atoms with Gasteiger partial charge in [-0.25, -0.2) is 0 Å². The van der Waals surface area contributed by atoms with Crippen molar-refractivity contribution in [2.24, 2.45) is 0 Å². The predicted molar refractivity (Wildman–Crippen MR) is 66.8 cm³/mol. The first-order valence-corrected chi connectivity index (χ1v) is 5.77. The molecule has 0 aliphatic rings. The zero-order valence-corrected chi connectivity index (χ0v) is 10.4. The summed E-state index contributed by atoms with van der Waals surface area (Å²) in [5, 5.41) is 9.61. The van der Waals surface area contributed by atoms with E-state index < -0.39 is 6.10 Å². The second kappa shape index (κ2) is 6.56. The van der Waals surface area contributed by atoms with E-state index in [-0.39, 0.29) is 0 Å². The Morgan fingerprint density at radius 3 is 2.56 bits per heavy atom. The van der Waals surface area contributed by atoms with E-state index in [4.69, 9.17) is 16.3 Å². The third kappa shape index (κ3) is 3.87. The second-order valence-electron chi connectivity index (χ2n) is 3.74. The Morgan fingerprint density at radius 1 is 1.44 bits per heavy atom. The molecule has 0 heterocycles. The molecule has 3 heteroatoms. The van der Waals surface area contributed by atoms with Crippen LogP contribution in [0.15, 0.2) is 35.4 Å². The molecule has 88 valence electrons. The molecule has 2 nitrogen and oxygen atoms in total. The zero-order chi connectivity index (χ0) is 12.0. The van der Waals surface area contributed by atoms with E-state index >= 15 is 0 Å². The highest BCUT2D eigenvalue weighted by atomic mass is 35.5. The minimum atomic E-state index is -0.390. The first-order valence-electron chi connectivity index (χ1n) is 5.34. The lowest BCUT2D eigenvalue weighted by atomic mass is 10.1. The molecule has 1 aromatic rings. The van der Waals surface area contributed by atoms with E-state index in [1.54, 1.807) is 0 Å². The molecule has 0 amide bonds. The van der Waals surface area contributed by atoms with Crippen LogP contribution in [0.5, 0.6) is 5.75 Å². The van der Waals surface area contributed by atoms with E-state index in [0.29, 0.717) is 13.0 Å². The van der Waals surface area contributed by atoms with Gasteiger partial charge in [-0.15, -0.1) is 0 Å². The van der Waals surface area contributed by atoms with E-state index in [2.05, 4.69) is 0 Å². The van der Waals surface area contributed by atoms with Crippen LogP contribution in [0.1, 0.15) is 31.9 Å². The lowest BCUT2D eigenvalue weighted by Gasteiger charge is -2.10. The lowest BCUT2D eigenvalue weighted by Crippen LogP contribution is -1.99. The first kappa shape index (κ1) is 13.1. The van der Waals surface area contributed by atoms with Crippen LogP contribution >= 0.6 is 11.6 Å². The molecule has 0 saturated heterocycles. The molecule has 1 aromatic carbocycles. The number of aliphatic hydroxyl groups excluding tert-OH is 1. The SMILES string of the molecule is CC[C@@H](O)c1ccc(OC/C(C)=C/Cl)cc1. The fourth-order valence-electron chi connectivity index (χ4n) is 1.25. The molecule has 0 unspecified atom stereocenters. The Morgan fingerprint density at radius 2 is 2.06 bits per heavy atom. The highest BCUT2D eigenvalue weighted by molar-refractivity contribution is 6.25. The van der Waals surface area contributed by atoms with Gasteiger partial charge in [-0.1, -0.05) is 30.7 Å². The van der Waals surface area contributed by atoms with Crippen molar-refractivity contribution in [3.05, 3.63) is 40.9 Å². The highest BCUT2D eigenvalue weighted by Crippen LogP contribution is 2.20. The normalized spacial score (nSPS) is 13.6. The first-order chi connectivity index (χ1) is 7.67. The maximum absolute atomic E-state index is 9.61. The van der Waals surface area contributed by atoms with E-state index in [1.807, 2.05) is 38.1 Å². The summed E-state index contributed by atoms with van der Waals surface area (Å²) in [6.07, 6.45) is 0.326. The van der Waals surface area contributed by atoms with Gasteiger partial charge in [0.05, 0.1) is 6.10 Å². The highest BCUT2D eigenvalue weighted by Gasteiger charge is 2.04. The standard InChI is InChI=1S/C13H17ClO2/c1-3-13(15)11-4-6-12(7-5-11)16-9-10(2)8-14/h4-8,13,15H,3,9H2,1-2H3/b10-8+/t13-/m1/s1. The van der Waals surface area contributed by atoms with Crippen molar-refractivity contribution in [3.63, 3.8) is 0 Å². The Bertz CT molecular complexity index is 343. The summed E-state index contributed by atoms with van der Waals surface area (Å²) in [6, 6.07) is 7.47. The van der Waals surface area contributed by atoms with Gasteiger partial charge in [-0.05, 0) is 36.6 Å². The van der Waals surface area contributed by atoms with Crippen LogP contribution in [0.2, 0.25) is 0 Å². The maximum Gasteiger partial charge on any atom is 0.119 e. The van der Waals surface area contributed by atoms with Gasteiger partial charge >= 0.3 is 0 Å². The van der Waals surface area contributed by atoms with Crippen molar-refractivity contribution < 1.29 is 9.84 Å². The van der Waals surface area contributed by atoms with Gasteiger partial charge in [0.15, 0.2) is 0 Å². The largest absolute Gasteiger partial charge is 0.489 e. The van der Waals surface area contributed by atoms with Crippen molar-refractivity contribution >= 4 is 11.6 Å². The van der Waals surface area contributed by atoms with E-state index in [0.717, 1.165) is 16.9 Å². The Hall–Kier alpha value is -0.990. The molecule has 16 heavy (non-hydrogen) atoms. The van der Waals surface area contributed by atoms with E-state index in [9.17, 15) is 5.11 Å². The molecule has 0 radical (unpaired) electrons. The average Bonchev–Trinajstić information content (AvgIpc) is 2.35. The van der Waals surface area contributed by atoms with Gasteiger partial charge in [0.2, 0.25) is 0 Å². The number of halogens is 1. The number of rotatable bonds is 5. The molecule has 1 N–H and O–H groups in total. The minimum Gasteiger partial charge on any atom is -0.489 e. The molecule has 0 saturated carbocycles. The van der Waals surface area contributed by atoms with Gasteiger partial charge in [0.25, 0.3) is 0 Å². The summed E-state index contributed by atoms with van der Waals surface area (Å²) in [5.74, 6) is 0.782. The number of ether oxygens (including phenoxy) is 1. The van der Waals surface area contributed by atoms with Crippen molar-refractivity contribution in [1.29, 1.82) is 0 Å². The van der Waals surface area contributed by atoms with Crippen LogP contribution in [-0.2, 0) is 0 Å². The third-order valence-electron chi connectivity index (χ3n) is 2.30. The molecule has 1 atom stereocenters. The predicted octanol–water partition coefficient (Wildman–Crippen LogP) is 3.65. The number of benzene rings is 1. The zero-order valence-electron chi connectivity index (χ0n) is 9.61. The summed E-state index contributed by atoms with van der Waals surface area (Å²) >= 11 is 5.53. The number of hydrogen-bond donors (Lipinski definition) is 1. The molecular weight excluding hydrogens is 224 g/mol. The third-order valence-corrected chi connectivity index (χ3v) is 2.68. The molecule has 0 fully saturated rings. The fraction of sp³-hybridized carbons (Fsp3) is 0.385. The fourth-order valence-corrected chi connectivity index (χ4v) is 1.31. The van der Waals surface area contributed by atoms with Crippen LogP contribution < -0.4 is 4.74 Å². The minimum absolute atomic E-state index is 0.390. The lowest BCUT2D eigenvalue weighted by molar-refractivity contribution is 0.173. The Labute approximate surface area is 102 Å². The van der Waals surface area contributed by atoms with E-state index in [1.165, 1.54) is 5.54 Å². The summed E-state index contributed by atoms with van der Waals surface area (Å²) in [6.45, 7) is 4.34. The van der Waals surface area contributed by atoms with Gasteiger partial charge in [-0.3, -0.25) is 0 Å². The summed E-state index contributed by atoms with van der Waals surface area (Å²) in [5.41, 5.74) is 3.40. The van der Waals surface area contributed by atoms with Crippen molar-refractivity contribution in [3.8, 4) is 5.75 Å². The van der Waals surface area contributed by atoms with Crippen molar-refractivity contribution in [2.75, 3.05) is 6.61 Å². The number of aliphatic hydroxyl groups is 1. The van der Waals surface area contributed by atoms with Crippen LogP contribution in [0.25, 0.3) is 0 Å². The van der Waals surface area contributed by atoms with Crippen molar-refractivity contribution in [1.82, 2.24) is 0 Å². The second-order valence-corrected chi connectivity index (χ2v) is 3.96. The van der Waals surface area contributed by atoms with Gasteiger partial charge in [0.1, 0.15) is 12.4 Å². The van der Waals surface area contributed by atoms with Crippen LogP contribution in [0, 0.1) is 0 Å². The molecule has 0 spiro atoms. The number of hydrogen-bond acceptors (Lipinski definition) is 2. The van der Waals surface area contributed by atoms with Crippen LogP contribution in [0.4, 0.5) is 0 Å². The van der Waals surface area contributed by atoms with Gasteiger partial charge in [0, 0.05) is 5.54 Å². The van der Waals surface area contributed by atoms with Gasteiger partial charge in [-0.2, -0.15) is 0 Å². The van der Waals surface area contributed by atoms with Gasteiger partial charge < -0.3 is 9.84 Å². The Balaban J connectivity index is 2.58. The molecule has 0 bridgehead atoms.